The van der Waals surface area contributed by atoms with E-state index in [0.717, 1.165) is 7.05 Å². The lowest BCUT2D eigenvalue weighted by Gasteiger charge is -2.04. The quantitative estimate of drug-likeness (QED) is 0.769. The molecular formula is C6H4ClF3N2O3. The molecule has 0 saturated carbocycles. The van der Waals surface area contributed by atoms with Crippen LogP contribution in [0, 0.1) is 0 Å². The summed E-state index contributed by atoms with van der Waals surface area (Å²) in [4.78, 5) is 10.1. The number of carbonyl (C=O) groups is 1. The maximum atomic E-state index is 12.3. The summed E-state index contributed by atoms with van der Waals surface area (Å²) in [7, 11) is 1.13. The zero-order valence-corrected chi connectivity index (χ0v) is 7.93. The number of hydrogen-bond acceptors (Lipinski definition) is 3. The molecule has 1 heterocycles. The molecule has 1 aromatic heterocycles. The van der Waals surface area contributed by atoms with Crippen molar-refractivity contribution in [3.63, 3.8) is 0 Å². The molecule has 84 valence electrons. The van der Waals surface area contributed by atoms with Crippen molar-refractivity contribution in [2.45, 2.75) is 6.18 Å². The number of rotatable bonds is 1. The van der Waals surface area contributed by atoms with Gasteiger partial charge >= 0.3 is 12.3 Å². The fraction of sp³-hybridized carbons (Fsp3) is 0.333. The summed E-state index contributed by atoms with van der Waals surface area (Å²) < 4.78 is 41.4. The lowest BCUT2D eigenvalue weighted by atomic mass is 10.4. The third-order valence-electron chi connectivity index (χ3n) is 1.39. The summed E-state index contributed by atoms with van der Waals surface area (Å²) in [6.07, 6.45) is -6.72. The van der Waals surface area contributed by atoms with Crippen molar-refractivity contribution in [3.8, 4) is 5.75 Å². The number of carboxylic acid groups (broad SMARTS) is 1. The molecule has 0 bridgehead atoms. The van der Waals surface area contributed by atoms with Crippen LogP contribution < -0.4 is 4.74 Å². The normalized spacial score (nSPS) is 11.5. The Morgan fingerprint density at radius 1 is 1.60 bits per heavy atom. The fourth-order valence-corrected chi connectivity index (χ4v) is 1.01. The van der Waals surface area contributed by atoms with Crippen molar-refractivity contribution in [2.75, 3.05) is 0 Å². The first-order valence-electron chi connectivity index (χ1n) is 3.44. The standard InChI is InChI=1S/C6H4ClF3N2O3/c1-12-4(7)2(15-5(13)14)3(11-12)6(8,9)10/h1H3,(H,13,14). The summed E-state index contributed by atoms with van der Waals surface area (Å²) in [5, 5.41) is 10.7. The molecular weight excluding hydrogens is 241 g/mol. The van der Waals surface area contributed by atoms with Gasteiger partial charge in [-0.25, -0.2) is 4.79 Å². The summed E-state index contributed by atoms with van der Waals surface area (Å²) in [5.41, 5.74) is -1.47. The van der Waals surface area contributed by atoms with Crippen LogP contribution in [-0.4, -0.2) is 21.0 Å². The van der Waals surface area contributed by atoms with Crippen molar-refractivity contribution >= 4 is 17.8 Å². The Morgan fingerprint density at radius 2 is 2.13 bits per heavy atom. The molecule has 0 radical (unpaired) electrons. The Hall–Kier alpha value is -1.44. The van der Waals surface area contributed by atoms with Crippen LogP contribution in [0.1, 0.15) is 5.69 Å². The Kier molecular flexibility index (Phi) is 2.80. The monoisotopic (exact) mass is 244 g/mol. The first-order chi connectivity index (χ1) is 6.73. The van der Waals surface area contributed by atoms with Crippen molar-refractivity contribution < 1.29 is 27.8 Å². The topological polar surface area (TPSA) is 64.4 Å². The van der Waals surface area contributed by atoms with Crippen molar-refractivity contribution in [1.29, 1.82) is 0 Å². The van der Waals surface area contributed by atoms with Gasteiger partial charge in [-0.2, -0.15) is 18.3 Å². The molecule has 0 unspecified atom stereocenters. The SMILES string of the molecule is Cn1nc(C(F)(F)F)c(OC(=O)O)c1Cl. The highest BCUT2D eigenvalue weighted by molar-refractivity contribution is 6.31. The average Bonchev–Trinajstić information content (AvgIpc) is 2.30. The Bertz CT molecular complexity index is 401. The van der Waals surface area contributed by atoms with Crippen LogP contribution in [0.25, 0.3) is 0 Å². The minimum absolute atomic E-state index is 0.537. The lowest BCUT2D eigenvalue weighted by Crippen LogP contribution is -2.11. The zero-order valence-electron chi connectivity index (χ0n) is 7.17. The molecule has 0 amide bonds. The van der Waals surface area contributed by atoms with E-state index in [1.807, 2.05) is 0 Å². The maximum absolute atomic E-state index is 12.3. The predicted molar refractivity (Wildman–Crippen MR) is 41.9 cm³/mol. The molecule has 0 aromatic carbocycles. The molecule has 0 fully saturated rings. The number of aromatic nitrogens is 2. The molecule has 0 aliphatic heterocycles. The van der Waals surface area contributed by atoms with E-state index in [2.05, 4.69) is 9.84 Å². The highest BCUT2D eigenvalue weighted by atomic mass is 35.5. The minimum atomic E-state index is -4.82. The van der Waals surface area contributed by atoms with E-state index < -0.39 is 28.9 Å². The van der Waals surface area contributed by atoms with Gasteiger partial charge in [-0.3, -0.25) is 4.68 Å². The van der Waals surface area contributed by atoms with Gasteiger partial charge in [0.1, 0.15) is 0 Å². The van der Waals surface area contributed by atoms with Gasteiger partial charge in [0.25, 0.3) is 0 Å². The third kappa shape index (κ3) is 2.32. The first-order valence-corrected chi connectivity index (χ1v) is 3.81. The van der Waals surface area contributed by atoms with Crippen LogP contribution >= 0.6 is 11.6 Å². The Morgan fingerprint density at radius 3 is 2.53 bits per heavy atom. The number of ether oxygens (including phenoxy) is 1. The smallest absolute Gasteiger partial charge is 0.449 e. The van der Waals surface area contributed by atoms with E-state index in [9.17, 15) is 18.0 Å². The van der Waals surface area contributed by atoms with E-state index in [0.29, 0.717) is 4.68 Å². The van der Waals surface area contributed by atoms with Crippen molar-refractivity contribution in [2.24, 2.45) is 7.05 Å². The van der Waals surface area contributed by atoms with Crippen LogP contribution in [0.2, 0.25) is 5.15 Å². The van der Waals surface area contributed by atoms with Crippen LogP contribution in [0.15, 0.2) is 0 Å². The minimum Gasteiger partial charge on any atom is -0.449 e. The summed E-state index contributed by atoms with van der Waals surface area (Å²) in [6.45, 7) is 0. The van der Waals surface area contributed by atoms with Crippen molar-refractivity contribution in [3.05, 3.63) is 10.8 Å². The Balaban J connectivity index is 3.27. The van der Waals surface area contributed by atoms with E-state index in [1.54, 1.807) is 0 Å². The van der Waals surface area contributed by atoms with Crippen LogP contribution in [0.5, 0.6) is 5.75 Å². The second kappa shape index (κ2) is 3.61. The van der Waals surface area contributed by atoms with Gasteiger partial charge in [0, 0.05) is 7.05 Å². The molecule has 0 saturated heterocycles. The number of aryl methyl sites for hydroxylation is 1. The second-order valence-corrected chi connectivity index (χ2v) is 2.82. The summed E-state index contributed by atoms with van der Waals surface area (Å²) in [5.74, 6) is -1.01. The zero-order chi connectivity index (χ0) is 11.8. The molecule has 9 heteroatoms. The van der Waals surface area contributed by atoms with Gasteiger partial charge in [0.15, 0.2) is 5.15 Å². The fourth-order valence-electron chi connectivity index (χ4n) is 0.847. The molecule has 0 aliphatic carbocycles. The first kappa shape index (κ1) is 11.6. The van der Waals surface area contributed by atoms with E-state index in [4.69, 9.17) is 16.7 Å². The summed E-state index contributed by atoms with van der Waals surface area (Å²) >= 11 is 5.38. The molecule has 1 rings (SSSR count). The molecule has 1 N–H and O–H groups in total. The van der Waals surface area contributed by atoms with Gasteiger partial charge < -0.3 is 9.84 Å². The summed E-state index contributed by atoms with van der Waals surface area (Å²) in [6, 6.07) is 0. The molecule has 5 nitrogen and oxygen atoms in total. The van der Waals surface area contributed by atoms with Crippen LogP contribution in [0.3, 0.4) is 0 Å². The Labute approximate surface area is 86.0 Å². The molecule has 0 aliphatic rings. The molecule has 0 atom stereocenters. The molecule has 1 aromatic rings. The molecule has 15 heavy (non-hydrogen) atoms. The molecule has 0 spiro atoms. The van der Waals surface area contributed by atoms with Crippen molar-refractivity contribution in [1.82, 2.24) is 9.78 Å². The third-order valence-corrected chi connectivity index (χ3v) is 1.81. The second-order valence-electron chi connectivity index (χ2n) is 2.46. The van der Waals surface area contributed by atoms with E-state index in [-0.39, 0.29) is 0 Å². The largest absolute Gasteiger partial charge is 0.511 e. The average molecular weight is 245 g/mol. The van der Waals surface area contributed by atoms with Crippen LogP contribution in [0.4, 0.5) is 18.0 Å². The van der Waals surface area contributed by atoms with E-state index in [1.165, 1.54) is 0 Å². The maximum Gasteiger partial charge on any atom is 0.511 e. The number of hydrogen-bond donors (Lipinski definition) is 1. The van der Waals surface area contributed by atoms with Gasteiger partial charge in [0.05, 0.1) is 0 Å². The van der Waals surface area contributed by atoms with Gasteiger partial charge in [-0.1, -0.05) is 11.6 Å². The highest BCUT2D eigenvalue weighted by Gasteiger charge is 2.40. The lowest BCUT2D eigenvalue weighted by molar-refractivity contribution is -0.142. The van der Waals surface area contributed by atoms with Crippen LogP contribution in [-0.2, 0) is 13.2 Å². The predicted octanol–water partition coefficient (Wildman–Crippen LogP) is 2.15. The number of halogens is 4. The number of nitrogens with zero attached hydrogens (tertiary/aromatic N) is 2. The highest BCUT2D eigenvalue weighted by Crippen LogP contribution is 2.39. The van der Waals surface area contributed by atoms with Gasteiger partial charge in [0.2, 0.25) is 11.4 Å². The van der Waals surface area contributed by atoms with Gasteiger partial charge in [-0.15, -0.1) is 0 Å². The number of alkyl halides is 3. The van der Waals surface area contributed by atoms with Gasteiger partial charge in [-0.05, 0) is 0 Å². The van der Waals surface area contributed by atoms with E-state index >= 15 is 0 Å².